The van der Waals surface area contributed by atoms with Crippen molar-refractivity contribution in [2.45, 2.75) is 58.3 Å². The monoisotopic (exact) mass is 297 g/mol. The molecule has 0 aromatic carbocycles. The normalized spacial score (nSPS) is 46.0. The molecule has 1 N–H and O–H groups in total. The van der Waals surface area contributed by atoms with Crippen molar-refractivity contribution in [1.82, 2.24) is 5.32 Å². The molecule has 3 aliphatic carbocycles. The molecule has 1 nitrogen and oxygen atoms in total. The lowest BCUT2D eigenvalue weighted by molar-refractivity contribution is -0.0180. The molecule has 22 heavy (non-hydrogen) atoms. The summed E-state index contributed by atoms with van der Waals surface area (Å²) in [7, 11) is 0. The van der Waals surface area contributed by atoms with E-state index in [-0.39, 0.29) is 5.41 Å². The summed E-state index contributed by atoms with van der Waals surface area (Å²) in [6, 6.07) is 0. The highest BCUT2D eigenvalue weighted by molar-refractivity contribution is 5.30. The summed E-state index contributed by atoms with van der Waals surface area (Å²) in [5.74, 6) is 2.74. The van der Waals surface area contributed by atoms with Crippen molar-refractivity contribution < 1.29 is 0 Å². The van der Waals surface area contributed by atoms with Gasteiger partial charge in [0, 0.05) is 17.7 Å². The third kappa shape index (κ3) is 1.97. The van der Waals surface area contributed by atoms with Crippen LogP contribution in [-0.4, -0.2) is 6.54 Å². The first kappa shape index (κ1) is 14.6. The van der Waals surface area contributed by atoms with Crippen molar-refractivity contribution in [3.8, 4) is 0 Å². The first-order chi connectivity index (χ1) is 10.7. The number of rotatable bonds is 3. The van der Waals surface area contributed by atoms with Crippen LogP contribution in [0.5, 0.6) is 0 Å². The molecule has 0 saturated heterocycles. The lowest BCUT2D eigenvalue weighted by atomic mass is 9.50. The average Bonchev–Trinajstić information content (AvgIpc) is 2.96. The maximum Gasteiger partial charge on any atom is 0.0328 e. The second-order valence-corrected chi connectivity index (χ2v) is 8.42. The van der Waals surface area contributed by atoms with Gasteiger partial charge in [-0.3, -0.25) is 0 Å². The van der Waals surface area contributed by atoms with Gasteiger partial charge in [-0.25, -0.2) is 0 Å². The predicted molar refractivity (Wildman–Crippen MR) is 93.4 cm³/mol. The molecule has 0 amide bonds. The standard InChI is InChI=1S/C21H31N/c1-3-4-12-21-13-5-7-18(21)16-8-9-19-20(2,11-6-15-22-19)17(16)10-14-21/h3,6,9,11,16-18,22H,1,4-5,7-8,10,12-15H2,2H3/t16-,17+,18+,20-,21+/m1/s1. The molecule has 2 fully saturated rings. The lowest BCUT2D eigenvalue weighted by Gasteiger charge is -2.56. The van der Waals surface area contributed by atoms with E-state index >= 15 is 0 Å². The third-order valence-corrected chi connectivity index (χ3v) is 7.63. The van der Waals surface area contributed by atoms with Gasteiger partial charge in [-0.1, -0.05) is 37.6 Å². The van der Waals surface area contributed by atoms with Gasteiger partial charge >= 0.3 is 0 Å². The van der Waals surface area contributed by atoms with E-state index in [1.165, 1.54) is 57.1 Å². The fourth-order valence-electron chi connectivity index (χ4n) is 6.60. The molecule has 4 rings (SSSR count). The minimum Gasteiger partial charge on any atom is -0.384 e. The van der Waals surface area contributed by atoms with E-state index < -0.39 is 0 Å². The number of hydrogen-bond acceptors (Lipinski definition) is 1. The van der Waals surface area contributed by atoms with Crippen LogP contribution >= 0.6 is 0 Å². The molecule has 0 spiro atoms. The van der Waals surface area contributed by atoms with Crippen molar-refractivity contribution in [3.63, 3.8) is 0 Å². The van der Waals surface area contributed by atoms with Crippen LogP contribution in [0.4, 0.5) is 0 Å². The van der Waals surface area contributed by atoms with Gasteiger partial charge in [0.1, 0.15) is 0 Å². The van der Waals surface area contributed by atoms with E-state index in [9.17, 15) is 0 Å². The fraction of sp³-hybridized carbons (Fsp3) is 0.714. The summed E-state index contributed by atoms with van der Waals surface area (Å²) < 4.78 is 0. The van der Waals surface area contributed by atoms with Crippen LogP contribution in [0.1, 0.15) is 58.3 Å². The molecule has 5 atom stereocenters. The van der Waals surface area contributed by atoms with Crippen molar-refractivity contribution in [3.05, 3.63) is 36.6 Å². The molecule has 0 bridgehead atoms. The Hall–Kier alpha value is -0.980. The van der Waals surface area contributed by atoms with Gasteiger partial charge in [0.15, 0.2) is 0 Å². The molecule has 0 radical (unpaired) electrons. The second-order valence-electron chi connectivity index (χ2n) is 8.42. The first-order valence-corrected chi connectivity index (χ1v) is 9.43. The quantitative estimate of drug-likeness (QED) is 0.704. The molecule has 2 saturated carbocycles. The van der Waals surface area contributed by atoms with E-state index in [0.29, 0.717) is 5.41 Å². The third-order valence-electron chi connectivity index (χ3n) is 7.63. The van der Waals surface area contributed by atoms with Crippen LogP contribution in [0.25, 0.3) is 0 Å². The summed E-state index contributed by atoms with van der Waals surface area (Å²) in [4.78, 5) is 0. The van der Waals surface area contributed by atoms with Crippen LogP contribution in [0.3, 0.4) is 0 Å². The molecule has 120 valence electrons. The summed E-state index contributed by atoms with van der Waals surface area (Å²) in [6.45, 7) is 7.48. The Labute approximate surface area is 135 Å². The molecular formula is C21H31N. The summed E-state index contributed by atoms with van der Waals surface area (Å²) in [6.07, 6.45) is 20.8. The smallest absolute Gasteiger partial charge is 0.0328 e. The van der Waals surface area contributed by atoms with Gasteiger partial charge in [-0.2, -0.15) is 0 Å². The van der Waals surface area contributed by atoms with Gasteiger partial charge in [0.2, 0.25) is 0 Å². The highest BCUT2D eigenvalue weighted by Gasteiger charge is 2.56. The Kier molecular flexibility index (Phi) is 3.51. The van der Waals surface area contributed by atoms with Crippen molar-refractivity contribution >= 4 is 0 Å². The SMILES string of the molecule is C=CCC[C@@]12CCC[C@H]1[C@@H]1CC=C3NCC=C[C@]3(C)[C@H]1CC2. The van der Waals surface area contributed by atoms with E-state index in [2.05, 4.69) is 43.1 Å². The van der Waals surface area contributed by atoms with Crippen molar-refractivity contribution in [1.29, 1.82) is 0 Å². The Morgan fingerprint density at radius 2 is 2.23 bits per heavy atom. The Balaban J connectivity index is 1.65. The molecule has 1 aliphatic heterocycles. The topological polar surface area (TPSA) is 12.0 Å². The highest BCUT2D eigenvalue weighted by atomic mass is 14.9. The Bertz CT molecular complexity index is 516. The van der Waals surface area contributed by atoms with Gasteiger partial charge in [0.05, 0.1) is 0 Å². The van der Waals surface area contributed by atoms with Crippen molar-refractivity contribution in [2.75, 3.05) is 6.54 Å². The summed E-state index contributed by atoms with van der Waals surface area (Å²) in [5, 5.41) is 3.66. The summed E-state index contributed by atoms with van der Waals surface area (Å²) in [5.41, 5.74) is 2.46. The van der Waals surface area contributed by atoms with Crippen LogP contribution in [-0.2, 0) is 0 Å². The number of nitrogens with one attached hydrogen (secondary N) is 1. The minimum absolute atomic E-state index is 0.286. The Morgan fingerprint density at radius 3 is 3.09 bits per heavy atom. The van der Waals surface area contributed by atoms with Crippen LogP contribution in [0.2, 0.25) is 0 Å². The molecule has 0 unspecified atom stereocenters. The van der Waals surface area contributed by atoms with Gasteiger partial charge in [0.25, 0.3) is 0 Å². The number of allylic oxidation sites excluding steroid dienone is 3. The number of hydrogen-bond donors (Lipinski definition) is 1. The van der Waals surface area contributed by atoms with E-state index in [4.69, 9.17) is 0 Å². The molecule has 1 heteroatoms. The van der Waals surface area contributed by atoms with Crippen LogP contribution < -0.4 is 5.32 Å². The van der Waals surface area contributed by atoms with Gasteiger partial charge < -0.3 is 5.32 Å². The molecular weight excluding hydrogens is 266 g/mol. The van der Waals surface area contributed by atoms with Crippen LogP contribution in [0, 0.1) is 28.6 Å². The maximum atomic E-state index is 3.98. The average molecular weight is 297 g/mol. The van der Waals surface area contributed by atoms with Crippen LogP contribution in [0.15, 0.2) is 36.6 Å². The van der Waals surface area contributed by atoms with E-state index in [1.807, 2.05) is 0 Å². The second kappa shape index (κ2) is 5.28. The molecule has 4 aliphatic rings. The maximum absolute atomic E-state index is 3.98. The molecule has 0 aromatic heterocycles. The predicted octanol–water partition coefficient (Wildman–Crippen LogP) is 5.22. The largest absolute Gasteiger partial charge is 0.384 e. The summed E-state index contributed by atoms with van der Waals surface area (Å²) >= 11 is 0. The lowest BCUT2D eigenvalue weighted by Crippen LogP contribution is -2.50. The zero-order valence-corrected chi connectivity index (χ0v) is 14.1. The van der Waals surface area contributed by atoms with Gasteiger partial charge in [-0.15, -0.1) is 6.58 Å². The Morgan fingerprint density at radius 1 is 1.32 bits per heavy atom. The molecule has 1 heterocycles. The molecule has 0 aromatic rings. The minimum atomic E-state index is 0.286. The zero-order valence-electron chi connectivity index (χ0n) is 14.1. The highest BCUT2D eigenvalue weighted by Crippen LogP contribution is 2.64. The van der Waals surface area contributed by atoms with Gasteiger partial charge in [-0.05, 0) is 68.1 Å². The van der Waals surface area contributed by atoms with E-state index in [0.717, 1.165) is 24.3 Å². The first-order valence-electron chi connectivity index (χ1n) is 9.43. The number of fused-ring (bicyclic) bond motifs is 5. The fourth-order valence-corrected chi connectivity index (χ4v) is 6.60. The van der Waals surface area contributed by atoms with E-state index in [1.54, 1.807) is 0 Å². The zero-order chi connectivity index (χ0) is 15.2. The van der Waals surface area contributed by atoms with Crippen molar-refractivity contribution in [2.24, 2.45) is 28.6 Å².